The minimum absolute atomic E-state index is 0.121. The predicted octanol–water partition coefficient (Wildman–Crippen LogP) is 3.40. The van der Waals surface area contributed by atoms with Gasteiger partial charge in [0.2, 0.25) is 0 Å². The minimum Gasteiger partial charge on any atom is -0.486 e. The van der Waals surface area contributed by atoms with Crippen LogP contribution in [0.25, 0.3) is 0 Å². The standard InChI is InChI=1S/C19H23N3O4S/c23-27(24,16-7-8-17-18(12-16)26-11-10-25-17)22-15-6-9-19(20-13-15)21-14-4-2-1-3-5-14/h6-9,12-14,22H,1-5,10-11H2,(H,20,21). The molecular formula is C19H23N3O4S. The smallest absolute Gasteiger partial charge is 0.262 e. The summed E-state index contributed by atoms with van der Waals surface area (Å²) in [6, 6.07) is 8.56. The molecule has 8 heteroatoms. The average molecular weight is 389 g/mol. The van der Waals surface area contributed by atoms with Gasteiger partial charge in [0.15, 0.2) is 11.5 Å². The zero-order valence-corrected chi connectivity index (χ0v) is 15.8. The number of anilines is 2. The van der Waals surface area contributed by atoms with E-state index in [2.05, 4.69) is 15.0 Å². The van der Waals surface area contributed by atoms with Crippen molar-refractivity contribution in [3.05, 3.63) is 36.5 Å². The van der Waals surface area contributed by atoms with Gasteiger partial charge in [-0.15, -0.1) is 0 Å². The quantitative estimate of drug-likeness (QED) is 0.815. The molecule has 0 atom stereocenters. The molecule has 0 spiro atoms. The van der Waals surface area contributed by atoms with E-state index in [4.69, 9.17) is 9.47 Å². The van der Waals surface area contributed by atoms with Crippen LogP contribution >= 0.6 is 0 Å². The van der Waals surface area contributed by atoms with Crippen molar-refractivity contribution in [3.8, 4) is 11.5 Å². The molecule has 2 aliphatic rings. The zero-order valence-electron chi connectivity index (χ0n) is 15.0. The molecule has 7 nitrogen and oxygen atoms in total. The largest absolute Gasteiger partial charge is 0.486 e. The van der Waals surface area contributed by atoms with E-state index >= 15 is 0 Å². The molecule has 4 rings (SSSR count). The fourth-order valence-corrected chi connectivity index (χ4v) is 4.46. The molecule has 1 aliphatic carbocycles. The second-order valence-corrected chi connectivity index (χ2v) is 8.50. The lowest BCUT2D eigenvalue weighted by molar-refractivity contribution is 0.171. The second kappa shape index (κ2) is 7.64. The number of rotatable bonds is 5. The number of benzene rings is 1. The highest BCUT2D eigenvalue weighted by molar-refractivity contribution is 7.92. The Kier molecular flexibility index (Phi) is 5.07. The molecule has 0 bridgehead atoms. The topological polar surface area (TPSA) is 89.6 Å². The lowest BCUT2D eigenvalue weighted by Crippen LogP contribution is -2.22. The van der Waals surface area contributed by atoms with Crippen LogP contribution in [-0.4, -0.2) is 32.7 Å². The van der Waals surface area contributed by atoms with Crippen LogP contribution in [0.5, 0.6) is 11.5 Å². The highest BCUT2D eigenvalue weighted by atomic mass is 32.2. The summed E-state index contributed by atoms with van der Waals surface area (Å²) in [4.78, 5) is 4.46. The number of hydrogen-bond acceptors (Lipinski definition) is 6. The molecule has 1 saturated carbocycles. The molecule has 0 saturated heterocycles. The first-order valence-electron chi connectivity index (χ1n) is 9.25. The van der Waals surface area contributed by atoms with Crippen molar-refractivity contribution < 1.29 is 17.9 Å². The SMILES string of the molecule is O=S(=O)(Nc1ccc(NC2CCCCC2)nc1)c1ccc2c(c1)OCCO2. The number of aromatic nitrogens is 1. The van der Waals surface area contributed by atoms with Gasteiger partial charge >= 0.3 is 0 Å². The molecule has 0 unspecified atom stereocenters. The molecule has 144 valence electrons. The van der Waals surface area contributed by atoms with Crippen molar-refractivity contribution in [1.29, 1.82) is 0 Å². The second-order valence-electron chi connectivity index (χ2n) is 6.82. The summed E-state index contributed by atoms with van der Waals surface area (Å²) in [5, 5.41) is 3.42. The van der Waals surface area contributed by atoms with Crippen molar-refractivity contribution >= 4 is 21.5 Å². The maximum atomic E-state index is 12.6. The van der Waals surface area contributed by atoms with Crippen molar-refractivity contribution in [2.45, 2.75) is 43.0 Å². The number of sulfonamides is 1. The highest BCUT2D eigenvalue weighted by Gasteiger charge is 2.20. The zero-order chi connectivity index (χ0) is 18.7. The molecule has 0 amide bonds. The van der Waals surface area contributed by atoms with Gasteiger partial charge in [0, 0.05) is 12.1 Å². The van der Waals surface area contributed by atoms with Crippen LogP contribution in [0.15, 0.2) is 41.4 Å². The van der Waals surface area contributed by atoms with E-state index in [-0.39, 0.29) is 4.90 Å². The van der Waals surface area contributed by atoms with Gasteiger partial charge in [0.1, 0.15) is 19.0 Å². The van der Waals surface area contributed by atoms with Gasteiger partial charge in [-0.1, -0.05) is 19.3 Å². The van der Waals surface area contributed by atoms with Crippen LogP contribution in [0.3, 0.4) is 0 Å². The predicted molar refractivity (Wildman–Crippen MR) is 103 cm³/mol. The lowest BCUT2D eigenvalue weighted by Gasteiger charge is -2.23. The minimum atomic E-state index is -3.73. The highest BCUT2D eigenvalue weighted by Crippen LogP contribution is 2.32. The van der Waals surface area contributed by atoms with E-state index in [0.717, 1.165) is 18.7 Å². The Hall–Kier alpha value is -2.48. The Morgan fingerprint density at radius 1 is 0.963 bits per heavy atom. The third-order valence-corrected chi connectivity index (χ3v) is 6.18. The van der Waals surface area contributed by atoms with E-state index in [1.807, 2.05) is 0 Å². The Labute approximate surface area is 159 Å². The van der Waals surface area contributed by atoms with Crippen molar-refractivity contribution in [2.75, 3.05) is 23.3 Å². The van der Waals surface area contributed by atoms with Gasteiger partial charge in [0.25, 0.3) is 10.0 Å². The van der Waals surface area contributed by atoms with Gasteiger partial charge < -0.3 is 14.8 Å². The Morgan fingerprint density at radius 3 is 2.48 bits per heavy atom. The number of fused-ring (bicyclic) bond motifs is 1. The summed E-state index contributed by atoms with van der Waals surface area (Å²) in [7, 11) is -3.73. The first-order valence-corrected chi connectivity index (χ1v) is 10.7. The molecular weight excluding hydrogens is 366 g/mol. The molecule has 1 aliphatic heterocycles. The average Bonchev–Trinajstić information content (AvgIpc) is 2.70. The van der Waals surface area contributed by atoms with E-state index in [1.165, 1.54) is 37.6 Å². The summed E-state index contributed by atoms with van der Waals surface area (Å²) in [6.07, 6.45) is 7.61. The third kappa shape index (κ3) is 4.27. The molecule has 2 heterocycles. The molecule has 1 fully saturated rings. The Morgan fingerprint density at radius 2 is 1.74 bits per heavy atom. The molecule has 2 aromatic rings. The number of nitrogens with zero attached hydrogens (tertiary/aromatic N) is 1. The van der Waals surface area contributed by atoms with Gasteiger partial charge in [0.05, 0.1) is 16.8 Å². The third-order valence-electron chi connectivity index (χ3n) is 4.80. The number of nitrogens with one attached hydrogen (secondary N) is 2. The van der Waals surface area contributed by atoms with Crippen LogP contribution in [0.2, 0.25) is 0 Å². The summed E-state index contributed by atoms with van der Waals surface area (Å²) < 4.78 is 38.7. The number of hydrogen-bond donors (Lipinski definition) is 2. The van der Waals surface area contributed by atoms with Gasteiger partial charge in [-0.05, 0) is 37.1 Å². The first-order chi connectivity index (χ1) is 13.1. The van der Waals surface area contributed by atoms with Crippen molar-refractivity contribution in [1.82, 2.24) is 4.98 Å². The normalized spacial score (nSPS) is 17.3. The molecule has 1 aromatic carbocycles. The van der Waals surface area contributed by atoms with E-state index in [1.54, 1.807) is 18.2 Å². The van der Waals surface area contributed by atoms with Crippen LogP contribution < -0.4 is 19.5 Å². The number of ether oxygens (including phenoxy) is 2. The number of pyridine rings is 1. The molecule has 27 heavy (non-hydrogen) atoms. The van der Waals surface area contributed by atoms with E-state index < -0.39 is 10.0 Å². The van der Waals surface area contributed by atoms with Crippen molar-refractivity contribution in [2.24, 2.45) is 0 Å². The van der Waals surface area contributed by atoms with Gasteiger partial charge in [-0.2, -0.15) is 0 Å². The van der Waals surface area contributed by atoms with Crippen molar-refractivity contribution in [3.63, 3.8) is 0 Å². The summed E-state index contributed by atoms with van der Waals surface area (Å²) in [5.41, 5.74) is 0.416. The van der Waals surface area contributed by atoms with Gasteiger partial charge in [-0.25, -0.2) is 13.4 Å². The Bertz CT molecular complexity index is 894. The fraction of sp³-hybridized carbons (Fsp3) is 0.421. The maximum absolute atomic E-state index is 12.6. The Balaban J connectivity index is 1.44. The molecule has 1 aromatic heterocycles. The summed E-state index contributed by atoms with van der Waals surface area (Å²) in [5.74, 6) is 1.76. The summed E-state index contributed by atoms with van der Waals surface area (Å²) in [6.45, 7) is 0.869. The van der Waals surface area contributed by atoms with Crippen LogP contribution in [-0.2, 0) is 10.0 Å². The van der Waals surface area contributed by atoms with E-state index in [0.29, 0.717) is 36.4 Å². The van der Waals surface area contributed by atoms with Crippen LogP contribution in [0, 0.1) is 0 Å². The van der Waals surface area contributed by atoms with Crippen LogP contribution in [0.4, 0.5) is 11.5 Å². The maximum Gasteiger partial charge on any atom is 0.262 e. The van der Waals surface area contributed by atoms with Gasteiger partial charge in [-0.3, -0.25) is 4.72 Å². The summed E-state index contributed by atoms with van der Waals surface area (Å²) >= 11 is 0. The lowest BCUT2D eigenvalue weighted by atomic mass is 9.95. The monoisotopic (exact) mass is 389 g/mol. The molecule has 0 radical (unpaired) electrons. The fourth-order valence-electron chi connectivity index (χ4n) is 3.40. The van der Waals surface area contributed by atoms with E-state index in [9.17, 15) is 8.42 Å². The first kappa shape index (κ1) is 17.9. The van der Waals surface area contributed by atoms with Crippen LogP contribution in [0.1, 0.15) is 32.1 Å². The molecule has 2 N–H and O–H groups in total.